The summed E-state index contributed by atoms with van der Waals surface area (Å²) >= 11 is 0. The molecule has 1 atom stereocenters. The minimum atomic E-state index is 0.549. The fourth-order valence-corrected chi connectivity index (χ4v) is 2.38. The zero-order valence-electron chi connectivity index (χ0n) is 8.32. The number of nitrogens with one attached hydrogen (secondary N) is 1. The van der Waals surface area contributed by atoms with Gasteiger partial charge in [-0.2, -0.15) is 0 Å². The van der Waals surface area contributed by atoms with Gasteiger partial charge >= 0.3 is 0 Å². The lowest BCUT2D eigenvalue weighted by Crippen LogP contribution is -2.20. The zero-order chi connectivity index (χ0) is 9.38. The van der Waals surface area contributed by atoms with E-state index in [-0.39, 0.29) is 0 Å². The van der Waals surface area contributed by atoms with Crippen LogP contribution < -0.4 is 5.32 Å². The van der Waals surface area contributed by atoms with E-state index in [4.69, 9.17) is 0 Å². The summed E-state index contributed by atoms with van der Waals surface area (Å²) in [5.41, 5.74) is 1.37. The number of aromatic nitrogens is 3. The maximum Gasteiger partial charge on any atom is 0.0728 e. The van der Waals surface area contributed by atoms with Crippen LogP contribution in [0.25, 0.3) is 0 Å². The molecule has 76 valence electrons. The van der Waals surface area contributed by atoms with Gasteiger partial charge in [0, 0.05) is 12.5 Å². The molecule has 0 radical (unpaired) electrons. The van der Waals surface area contributed by atoms with Crippen molar-refractivity contribution in [2.24, 2.45) is 0 Å². The Morgan fingerprint density at radius 3 is 2.93 bits per heavy atom. The Labute approximate surface area is 83.7 Å². The third kappa shape index (κ3) is 1.25. The van der Waals surface area contributed by atoms with Crippen LogP contribution in [0.15, 0.2) is 6.20 Å². The molecule has 1 aliphatic carbocycles. The van der Waals surface area contributed by atoms with Gasteiger partial charge in [-0.25, -0.2) is 4.68 Å². The molecule has 0 aromatic carbocycles. The standard InChI is InChI=1S/C10H16N4/c1-2-8(3-1)10-7-12-13-14(10)9-4-5-11-6-9/h7-9,11H,1-6H2. The second kappa shape index (κ2) is 3.35. The van der Waals surface area contributed by atoms with Crippen LogP contribution in [0.3, 0.4) is 0 Å². The molecule has 0 amide bonds. The monoisotopic (exact) mass is 192 g/mol. The molecule has 0 spiro atoms. The maximum absolute atomic E-state index is 4.23. The van der Waals surface area contributed by atoms with Crippen LogP contribution in [0, 0.1) is 0 Å². The van der Waals surface area contributed by atoms with Crippen LogP contribution in [-0.2, 0) is 0 Å². The second-order valence-electron chi connectivity index (χ2n) is 4.38. The van der Waals surface area contributed by atoms with Crippen LogP contribution in [0.2, 0.25) is 0 Å². The smallest absolute Gasteiger partial charge is 0.0728 e. The van der Waals surface area contributed by atoms with Crippen molar-refractivity contribution in [1.29, 1.82) is 0 Å². The number of rotatable bonds is 2. The van der Waals surface area contributed by atoms with Gasteiger partial charge < -0.3 is 5.32 Å². The molecule has 2 heterocycles. The molecule has 2 aliphatic rings. The van der Waals surface area contributed by atoms with Gasteiger partial charge in [0.05, 0.1) is 17.9 Å². The molecule has 4 nitrogen and oxygen atoms in total. The summed E-state index contributed by atoms with van der Waals surface area (Å²) in [6, 6.07) is 0.549. The molecular weight excluding hydrogens is 176 g/mol. The van der Waals surface area contributed by atoms with Crippen molar-refractivity contribution in [1.82, 2.24) is 20.3 Å². The highest BCUT2D eigenvalue weighted by Crippen LogP contribution is 2.36. The Morgan fingerprint density at radius 1 is 1.36 bits per heavy atom. The molecule has 1 saturated carbocycles. The van der Waals surface area contributed by atoms with E-state index in [1.54, 1.807) is 0 Å². The minimum absolute atomic E-state index is 0.549. The van der Waals surface area contributed by atoms with Gasteiger partial charge in [-0.15, -0.1) is 5.10 Å². The molecule has 2 fully saturated rings. The van der Waals surface area contributed by atoms with Crippen molar-refractivity contribution in [3.8, 4) is 0 Å². The van der Waals surface area contributed by atoms with E-state index < -0.39 is 0 Å². The van der Waals surface area contributed by atoms with E-state index in [9.17, 15) is 0 Å². The van der Waals surface area contributed by atoms with Gasteiger partial charge in [0.1, 0.15) is 0 Å². The third-order valence-electron chi connectivity index (χ3n) is 3.51. The Hall–Kier alpha value is -0.900. The average molecular weight is 192 g/mol. The maximum atomic E-state index is 4.23. The summed E-state index contributed by atoms with van der Waals surface area (Å²) in [5.74, 6) is 0.741. The van der Waals surface area contributed by atoms with Crippen LogP contribution >= 0.6 is 0 Å². The Bertz CT molecular complexity index is 310. The topological polar surface area (TPSA) is 42.7 Å². The van der Waals surface area contributed by atoms with Crippen molar-refractivity contribution in [3.63, 3.8) is 0 Å². The molecule has 14 heavy (non-hydrogen) atoms. The predicted octanol–water partition coefficient (Wildman–Crippen LogP) is 1.08. The van der Waals surface area contributed by atoms with Gasteiger partial charge in [-0.05, 0) is 25.8 Å². The van der Waals surface area contributed by atoms with Crippen LogP contribution in [0.1, 0.15) is 43.3 Å². The molecule has 0 bridgehead atoms. The quantitative estimate of drug-likeness (QED) is 0.762. The largest absolute Gasteiger partial charge is 0.315 e. The fraction of sp³-hybridized carbons (Fsp3) is 0.800. The number of nitrogens with zero attached hydrogens (tertiary/aromatic N) is 3. The van der Waals surface area contributed by atoms with Crippen molar-refractivity contribution in [2.45, 2.75) is 37.6 Å². The van der Waals surface area contributed by atoms with Gasteiger partial charge in [0.2, 0.25) is 0 Å². The summed E-state index contributed by atoms with van der Waals surface area (Å²) in [7, 11) is 0. The van der Waals surface area contributed by atoms with Gasteiger partial charge in [-0.3, -0.25) is 0 Å². The molecule has 1 aromatic heterocycles. The van der Waals surface area contributed by atoms with Crippen molar-refractivity contribution in [2.75, 3.05) is 13.1 Å². The minimum Gasteiger partial charge on any atom is -0.315 e. The molecular formula is C10H16N4. The predicted molar refractivity (Wildman–Crippen MR) is 53.1 cm³/mol. The van der Waals surface area contributed by atoms with Crippen LogP contribution in [0.4, 0.5) is 0 Å². The number of hydrogen-bond donors (Lipinski definition) is 1. The van der Waals surface area contributed by atoms with E-state index in [0.29, 0.717) is 6.04 Å². The molecule has 1 aromatic rings. The SMILES string of the molecule is c1nnn(C2CCNC2)c1C1CCC1. The normalized spacial score (nSPS) is 27.9. The first-order chi connectivity index (χ1) is 6.95. The Morgan fingerprint density at radius 2 is 2.29 bits per heavy atom. The van der Waals surface area contributed by atoms with Crippen LogP contribution in [-0.4, -0.2) is 28.1 Å². The summed E-state index contributed by atoms with van der Waals surface area (Å²) in [4.78, 5) is 0. The third-order valence-corrected chi connectivity index (χ3v) is 3.51. The highest BCUT2D eigenvalue weighted by Gasteiger charge is 2.27. The lowest BCUT2D eigenvalue weighted by atomic mass is 9.83. The van der Waals surface area contributed by atoms with Crippen molar-refractivity contribution < 1.29 is 0 Å². The first-order valence-corrected chi connectivity index (χ1v) is 5.56. The van der Waals surface area contributed by atoms with E-state index in [1.165, 1.54) is 31.4 Å². The summed E-state index contributed by atoms with van der Waals surface area (Å²) in [6.07, 6.45) is 7.19. The fourth-order valence-electron chi connectivity index (χ4n) is 2.38. The molecule has 1 aliphatic heterocycles. The zero-order valence-corrected chi connectivity index (χ0v) is 8.32. The number of hydrogen-bond acceptors (Lipinski definition) is 3. The average Bonchev–Trinajstić information content (AvgIpc) is 2.66. The summed E-state index contributed by atoms with van der Waals surface area (Å²) in [5, 5.41) is 11.7. The van der Waals surface area contributed by atoms with Gasteiger partial charge in [0.25, 0.3) is 0 Å². The first-order valence-electron chi connectivity index (χ1n) is 5.56. The van der Waals surface area contributed by atoms with E-state index in [2.05, 4.69) is 20.3 Å². The Kier molecular flexibility index (Phi) is 2.01. The van der Waals surface area contributed by atoms with Gasteiger partial charge in [0.15, 0.2) is 0 Å². The highest BCUT2D eigenvalue weighted by atomic mass is 15.4. The molecule has 1 unspecified atom stereocenters. The van der Waals surface area contributed by atoms with Crippen LogP contribution in [0.5, 0.6) is 0 Å². The van der Waals surface area contributed by atoms with Crippen molar-refractivity contribution >= 4 is 0 Å². The van der Waals surface area contributed by atoms with E-state index >= 15 is 0 Å². The Balaban J connectivity index is 1.85. The van der Waals surface area contributed by atoms with Crippen molar-refractivity contribution in [3.05, 3.63) is 11.9 Å². The second-order valence-corrected chi connectivity index (χ2v) is 4.38. The highest BCUT2D eigenvalue weighted by molar-refractivity contribution is 5.08. The molecule has 4 heteroatoms. The van der Waals surface area contributed by atoms with E-state index in [0.717, 1.165) is 19.0 Å². The summed E-state index contributed by atoms with van der Waals surface area (Å²) in [6.45, 7) is 2.18. The summed E-state index contributed by atoms with van der Waals surface area (Å²) < 4.78 is 2.16. The molecule has 1 N–H and O–H groups in total. The lowest BCUT2D eigenvalue weighted by molar-refractivity contribution is 0.366. The van der Waals surface area contributed by atoms with Gasteiger partial charge in [-0.1, -0.05) is 11.6 Å². The first kappa shape index (κ1) is 8.41. The van der Waals surface area contributed by atoms with E-state index in [1.807, 2.05) is 6.20 Å². The molecule has 3 rings (SSSR count). The lowest BCUT2D eigenvalue weighted by Gasteiger charge is -2.26. The molecule has 1 saturated heterocycles.